The van der Waals surface area contributed by atoms with Gasteiger partial charge in [0.2, 0.25) is 0 Å². The van der Waals surface area contributed by atoms with Crippen LogP contribution in [0.2, 0.25) is 0 Å². The maximum absolute atomic E-state index is 5.39. The Morgan fingerprint density at radius 2 is 2.08 bits per heavy atom. The molecule has 0 fully saturated rings. The van der Waals surface area contributed by atoms with Crippen LogP contribution in [0.25, 0.3) is 0 Å². The van der Waals surface area contributed by atoms with Gasteiger partial charge in [-0.05, 0) is 12.0 Å². The molecule has 0 radical (unpaired) electrons. The highest BCUT2D eigenvalue weighted by molar-refractivity contribution is 5.85. The molecule has 0 aromatic carbocycles. The predicted molar refractivity (Wildman–Crippen MR) is 55.1 cm³/mol. The molecule has 0 aliphatic heterocycles. The molecule has 0 amide bonds. The maximum Gasteiger partial charge on any atom is 0.0650 e. The molecule has 0 unspecified atom stereocenters. The van der Waals surface area contributed by atoms with E-state index in [0.717, 1.165) is 11.4 Å². The Morgan fingerprint density at radius 1 is 1.50 bits per heavy atom. The van der Waals surface area contributed by atoms with Crippen molar-refractivity contribution in [1.29, 1.82) is 0 Å². The van der Waals surface area contributed by atoms with Crippen molar-refractivity contribution in [2.45, 2.75) is 26.3 Å². The van der Waals surface area contributed by atoms with Crippen LogP contribution in [0.5, 0.6) is 0 Å². The zero-order valence-corrected chi connectivity index (χ0v) is 8.84. The summed E-state index contributed by atoms with van der Waals surface area (Å²) in [6, 6.07) is 2.00. The Balaban J connectivity index is 0. The number of H-pyrrole nitrogens is 1. The van der Waals surface area contributed by atoms with Crippen molar-refractivity contribution in [3.63, 3.8) is 0 Å². The topological polar surface area (TPSA) is 54.7 Å². The summed E-state index contributed by atoms with van der Waals surface area (Å²) in [5.74, 6) is 0.483. The van der Waals surface area contributed by atoms with Crippen LogP contribution in [-0.2, 0) is 6.54 Å². The van der Waals surface area contributed by atoms with Crippen molar-refractivity contribution in [2.75, 3.05) is 0 Å². The van der Waals surface area contributed by atoms with E-state index in [2.05, 4.69) is 24.0 Å². The monoisotopic (exact) mass is 211 g/mol. The van der Waals surface area contributed by atoms with E-state index < -0.39 is 0 Å². The molecular weight excluding hydrogens is 197 g/mol. The summed E-state index contributed by atoms with van der Waals surface area (Å²) in [7, 11) is 0. The second kappa shape index (κ2) is 6.29. The quantitative estimate of drug-likeness (QED) is 0.785. The summed E-state index contributed by atoms with van der Waals surface area (Å²) in [6.45, 7) is 4.76. The minimum Gasteiger partial charge on any atom is -0.325 e. The van der Waals surface area contributed by atoms with Crippen LogP contribution in [0, 0.1) is 0 Å². The van der Waals surface area contributed by atoms with E-state index in [1.54, 1.807) is 0 Å². The number of nitrogens with two attached hydrogens (primary N) is 1. The molecule has 1 aromatic rings. The Bertz CT molecular complexity index is 210. The van der Waals surface area contributed by atoms with Crippen molar-refractivity contribution in [2.24, 2.45) is 5.73 Å². The third kappa shape index (κ3) is 3.43. The summed E-state index contributed by atoms with van der Waals surface area (Å²) >= 11 is 0. The van der Waals surface area contributed by atoms with Crippen molar-refractivity contribution < 1.29 is 0 Å². The molecule has 3 N–H and O–H groups in total. The van der Waals surface area contributed by atoms with Gasteiger partial charge in [-0.25, -0.2) is 0 Å². The molecule has 0 bridgehead atoms. The minimum absolute atomic E-state index is 0. The molecule has 0 aliphatic rings. The molecular formula is C7H15Cl2N3. The van der Waals surface area contributed by atoms with Crippen LogP contribution < -0.4 is 5.73 Å². The van der Waals surface area contributed by atoms with E-state index in [-0.39, 0.29) is 24.8 Å². The van der Waals surface area contributed by atoms with Crippen LogP contribution in [0.3, 0.4) is 0 Å². The Hall–Kier alpha value is -0.250. The van der Waals surface area contributed by atoms with Crippen LogP contribution in [0.15, 0.2) is 6.07 Å². The first-order chi connectivity index (χ1) is 4.74. The maximum atomic E-state index is 5.39. The lowest BCUT2D eigenvalue weighted by atomic mass is 10.1. The first-order valence-corrected chi connectivity index (χ1v) is 3.48. The van der Waals surface area contributed by atoms with Crippen molar-refractivity contribution in [3.8, 4) is 0 Å². The number of halogens is 2. The van der Waals surface area contributed by atoms with Gasteiger partial charge in [-0.3, -0.25) is 5.10 Å². The number of hydrogen-bond acceptors (Lipinski definition) is 2. The van der Waals surface area contributed by atoms with Crippen molar-refractivity contribution >= 4 is 24.8 Å². The highest BCUT2D eigenvalue weighted by Crippen LogP contribution is 2.10. The van der Waals surface area contributed by atoms with E-state index in [1.807, 2.05) is 6.07 Å². The lowest BCUT2D eigenvalue weighted by Gasteiger charge is -1.94. The fourth-order valence-electron chi connectivity index (χ4n) is 0.780. The lowest BCUT2D eigenvalue weighted by molar-refractivity contribution is 0.808. The SMILES string of the molecule is CC(C)c1cc(CN)[nH]n1.Cl.Cl. The molecule has 0 aliphatic carbocycles. The molecule has 1 heterocycles. The third-order valence-electron chi connectivity index (χ3n) is 1.46. The highest BCUT2D eigenvalue weighted by atomic mass is 35.5. The second-order valence-electron chi connectivity index (χ2n) is 2.68. The van der Waals surface area contributed by atoms with Gasteiger partial charge in [-0.1, -0.05) is 13.8 Å². The Labute approximate surface area is 84.9 Å². The number of aromatic nitrogens is 2. The van der Waals surface area contributed by atoms with E-state index in [4.69, 9.17) is 5.73 Å². The largest absolute Gasteiger partial charge is 0.325 e. The van der Waals surface area contributed by atoms with Gasteiger partial charge in [-0.2, -0.15) is 5.10 Å². The lowest BCUT2D eigenvalue weighted by Crippen LogP contribution is -1.95. The molecule has 72 valence electrons. The van der Waals surface area contributed by atoms with Gasteiger partial charge < -0.3 is 5.73 Å². The van der Waals surface area contributed by atoms with Crippen molar-refractivity contribution in [3.05, 3.63) is 17.5 Å². The smallest absolute Gasteiger partial charge is 0.0650 e. The summed E-state index contributed by atoms with van der Waals surface area (Å²) in [6.07, 6.45) is 0. The van der Waals surface area contributed by atoms with E-state index >= 15 is 0 Å². The standard InChI is InChI=1S/C7H13N3.2ClH/c1-5(2)7-3-6(4-8)9-10-7;;/h3,5H,4,8H2,1-2H3,(H,9,10);2*1H. The zero-order chi connectivity index (χ0) is 7.56. The Kier molecular flexibility index (Phi) is 7.48. The molecule has 0 atom stereocenters. The van der Waals surface area contributed by atoms with Gasteiger partial charge in [0, 0.05) is 12.2 Å². The summed E-state index contributed by atoms with van der Waals surface area (Å²) in [5, 5.41) is 6.94. The molecule has 0 saturated carbocycles. The van der Waals surface area contributed by atoms with Gasteiger partial charge in [-0.15, -0.1) is 24.8 Å². The average Bonchev–Trinajstić information content (AvgIpc) is 2.34. The molecule has 0 saturated heterocycles. The zero-order valence-electron chi connectivity index (χ0n) is 7.20. The number of hydrogen-bond donors (Lipinski definition) is 2. The number of rotatable bonds is 2. The second-order valence-corrected chi connectivity index (χ2v) is 2.68. The fourth-order valence-corrected chi connectivity index (χ4v) is 0.780. The van der Waals surface area contributed by atoms with Gasteiger partial charge in [0.1, 0.15) is 0 Å². The third-order valence-corrected chi connectivity index (χ3v) is 1.46. The molecule has 1 aromatic heterocycles. The number of nitrogens with zero attached hydrogens (tertiary/aromatic N) is 1. The first-order valence-electron chi connectivity index (χ1n) is 3.48. The molecule has 5 heteroatoms. The summed E-state index contributed by atoms with van der Waals surface area (Å²) in [4.78, 5) is 0. The van der Waals surface area contributed by atoms with Crippen LogP contribution in [0.4, 0.5) is 0 Å². The average molecular weight is 212 g/mol. The number of nitrogens with one attached hydrogen (secondary N) is 1. The number of aromatic amines is 1. The fraction of sp³-hybridized carbons (Fsp3) is 0.571. The molecule has 0 spiro atoms. The summed E-state index contributed by atoms with van der Waals surface area (Å²) in [5.41, 5.74) is 7.48. The molecule has 3 nitrogen and oxygen atoms in total. The molecule has 12 heavy (non-hydrogen) atoms. The van der Waals surface area contributed by atoms with Gasteiger partial charge >= 0.3 is 0 Å². The van der Waals surface area contributed by atoms with Crippen LogP contribution in [-0.4, -0.2) is 10.2 Å². The van der Waals surface area contributed by atoms with Gasteiger partial charge in [0.15, 0.2) is 0 Å². The van der Waals surface area contributed by atoms with E-state index in [1.165, 1.54) is 0 Å². The first kappa shape index (κ1) is 14.3. The Morgan fingerprint density at radius 3 is 2.33 bits per heavy atom. The molecule has 1 rings (SSSR count). The van der Waals surface area contributed by atoms with Gasteiger partial charge in [0.25, 0.3) is 0 Å². The highest BCUT2D eigenvalue weighted by Gasteiger charge is 2.02. The van der Waals surface area contributed by atoms with Crippen LogP contribution in [0.1, 0.15) is 31.2 Å². The van der Waals surface area contributed by atoms with E-state index in [9.17, 15) is 0 Å². The van der Waals surface area contributed by atoms with Gasteiger partial charge in [0.05, 0.1) is 5.69 Å². The van der Waals surface area contributed by atoms with Crippen LogP contribution >= 0.6 is 24.8 Å². The van der Waals surface area contributed by atoms with Crippen molar-refractivity contribution in [1.82, 2.24) is 10.2 Å². The summed E-state index contributed by atoms with van der Waals surface area (Å²) < 4.78 is 0. The normalized spacial score (nSPS) is 9.00. The predicted octanol–water partition coefficient (Wildman–Crippen LogP) is 1.84. The minimum atomic E-state index is 0. The van der Waals surface area contributed by atoms with E-state index in [0.29, 0.717) is 12.5 Å².